The molecule has 1 aliphatic heterocycles. The molecule has 23 heavy (non-hydrogen) atoms. The van der Waals surface area contributed by atoms with Crippen molar-refractivity contribution in [2.24, 2.45) is 5.16 Å². The topological polar surface area (TPSA) is 74.5 Å². The van der Waals surface area contributed by atoms with Crippen LogP contribution in [0.25, 0.3) is 0 Å². The van der Waals surface area contributed by atoms with E-state index in [0.29, 0.717) is 17.7 Å². The zero-order valence-electron chi connectivity index (χ0n) is 12.6. The zero-order valence-corrected chi connectivity index (χ0v) is 12.6. The third-order valence-electron chi connectivity index (χ3n) is 3.70. The number of benzene rings is 2. The van der Waals surface area contributed by atoms with Gasteiger partial charge in [-0.3, -0.25) is 4.79 Å². The monoisotopic (exact) mass is 305 g/mol. The molecule has 2 aromatic carbocycles. The van der Waals surface area contributed by atoms with E-state index in [1.54, 1.807) is 31.2 Å². The van der Waals surface area contributed by atoms with Crippen LogP contribution in [-0.2, 0) is 9.63 Å². The minimum absolute atomic E-state index is 0.290. The third kappa shape index (κ3) is 3.06. The van der Waals surface area contributed by atoms with Gasteiger partial charge in [-0.05, 0) is 30.7 Å². The Hall–Kier alpha value is -3.13. The molecule has 3 rings (SSSR count). The molecule has 1 atom stereocenters. The number of carbonyl (C=O) groups excluding carboxylic acids is 1. The molecule has 0 radical (unpaired) electrons. The van der Waals surface area contributed by atoms with E-state index in [1.807, 2.05) is 36.4 Å². The van der Waals surface area contributed by atoms with Gasteiger partial charge in [-0.15, -0.1) is 0 Å². The molecule has 1 amide bonds. The summed E-state index contributed by atoms with van der Waals surface area (Å²) in [5.74, 6) is -0.290. The fourth-order valence-corrected chi connectivity index (χ4v) is 2.38. The fraction of sp³-hybridized carbons (Fsp3) is 0.167. The van der Waals surface area contributed by atoms with Gasteiger partial charge in [0.2, 0.25) is 5.60 Å². The Morgan fingerprint density at radius 1 is 1.26 bits per heavy atom. The lowest BCUT2D eigenvalue weighted by Gasteiger charge is -2.20. The molecule has 0 aliphatic carbocycles. The highest BCUT2D eigenvalue weighted by molar-refractivity contribution is 6.07. The molecule has 0 unspecified atom stereocenters. The summed E-state index contributed by atoms with van der Waals surface area (Å²) >= 11 is 0. The second kappa shape index (κ2) is 5.93. The van der Waals surface area contributed by atoms with Crippen LogP contribution < -0.4 is 5.32 Å². The van der Waals surface area contributed by atoms with Gasteiger partial charge in [0, 0.05) is 12.1 Å². The Kier molecular flexibility index (Phi) is 3.82. The van der Waals surface area contributed by atoms with Crippen molar-refractivity contribution in [1.82, 2.24) is 0 Å². The Balaban J connectivity index is 1.72. The lowest BCUT2D eigenvalue weighted by atomic mass is 9.95. The summed E-state index contributed by atoms with van der Waals surface area (Å²) in [7, 11) is 0. The van der Waals surface area contributed by atoms with E-state index in [9.17, 15) is 4.79 Å². The molecule has 1 heterocycles. The largest absolute Gasteiger partial charge is 0.379 e. The van der Waals surface area contributed by atoms with Crippen molar-refractivity contribution < 1.29 is 9.63 Å². The number of hydrogen-bond acceptors (Lipinski definition) is 4. The van der Waals surface area contributed by atoms with Crippen LogP contribution in [0.5, 0.6) is 0 Å². The second-order valence-electron chi connectivity index (χ2n) is 5.55. The highest BCUT2D eigenvalue weighted by atomic mass is 16.7. The molecule has 1 N–H and O–H groups in total. The Morgan fingerprint density at radius 2 is 2.04 bits per heavy atom. The van der Waals surface area contributed by atoms with Crippen molar-refractivity contribution in [3.05, 3.63) is 65.7 Å². The minimum atomic E-state index is -1.06. The number of rotatable bonds is 3. The van der Waals surface area contributed by atoms with Crippen LogP contribution in [0.2, 0.25) is 0 Å². The highest BCUT2D eigenvalue weighted by Crippen LogP contribution is 2.28. The summed E-state index contributed by atoms with van der Waals surface area (Å²) in [5.41, 5.74) is 1.67. The average Bonchev–Trinajstić information content (AvgIpc) is 3.00. The number of amides is 1. The lowest BCUT2D eigenvalue weighted by Crippen LogP contribution is -2.40. The predicted molar refractivity (Wildman–Crippen MR) is 86.9 cm³/mol. The first-order valence-corrected chi connectivity index (χ1v) is 7.23. The molecule has 0 aromatic heterocycles. The van der Waals surface area contributed by atoms with Crippen LogP contribution in [0, 0.1) is 11.3 Å². The van der Waals surface area contributed by atoms with Crippen molar-refractivity contribution in [3.63, 3.8) is 0 Å². The maximum Gasteiger partial charge on any atom is 0.271 e. The van der Waals surface area contributed by atoms with Crippen LogP contribution >= 0.6 is 0 Å². The molecular formula is C18H15N3O2. The number of carbonyl (C=O) groups is 1. The van der Waals surface area contributed by atoms with Gasteiger partial charge in [-0.2, -0.15) is 5.26 Å². The van der Waals surface area contributed by atoms with E-state index in [-0.39, 0.29) is 5.91 Å². The van der Waals surface area contributed by atoms with E-state index >= 15 is 0 Å². The van der Waals surface area contributed by atoms with Gasteiger partial charge < -0.3 is 10.2 Å². The fourth-order valence-electron chi connectivity index (χ4n) is 2.38. The molecule has 0 fully saturated rings. The van der Waals surface area contributed by atoms with E-state index in [4.69, 9.17) is 10.1 Å². The van der Waals surface area contributed by atoms with Gasteiger partial charge in [0.25, 0.3) is 5.91 Å². The smallest absolute Gasteiger partial charge is 0.271 e. The summed E-state index contributed by atoms with van der Waals surface area (Å²) in [6.07, 6.45) is 0.390. The maximum absolute atomic E-state index is 12.5. The van der Waals surface area contributed by atoms with Crippen molar-refractivity contribution in [1.29, 1.82) is 5.26 Å². The first-order chi connectivity index (χ1) is 11.1. The van der Waals surface area contributed by atoms with Gasteiger partial charge in [0.15, 0.2) is 0 Å². The summed E-state index contributed by atoms with van der Waals surface area (Å²) in [5, 5.41) is 15.8. The number of nitriles is 1. The standard InChI is InChI=1S/C18H15N3O2/c1-18(11-16(21-23-18)14-7-3-2-4-8-14)17(22)20-15-9-5-6-13(10-15)12-19/h2-10H,11H2,1H3,(H,20,22)/t18-/m0/s1. The van der Waals surface area contributed by atoms with Gasteiger partial charge in [-0.25, -0.2) is 0 Å². The minimum Gasteiger partial charge on any atom is -0.379 e. The summed E-state index contributed by atoms with van der Waals surface area (Å²) < 4.78 is 0. The Labute approximate surface area is 134 Å². The molecule has 114 valence electrons. The molecule has 5 heteroatoms. The first-order valence-electron chi connectivity index (χ1n) is 7.23. The molecule has 0 saturated carbocycles. The van der Waals surface area contributed by atoms with E-state index in [0.717, 1.165) is 11.3 Å². The van der Waals surface area contributed by atoms with E-state index < -0.39 is 5.60 Å². The number of hydrogen-bond donors (Lipinski definition) is 1. The number of nitrogens with one attached hydrogen (secondary N) is 1. The van der Waals surface area contributed by atoms with Gasteiger partial charge in [-0.1, -0.05) is 41.6 Å². The Bertz CT molecular complexity index is 809. The highest BCUT2D eigenvalue weighted by Gasteiger charge is 2.42. The van der Waals surface area contributed by atoms with Crippen molar-refractivity contribution in [3.8, 4) is 6.07 Å². The van der Waals surface area contributed by atoms with Crippen LogP contribution in [0.15, 0.2) is 59.8 Å². The second-order valence-corrected chi connectivity index (χ2v) is 5.55. The van der Waals surface area contributed by atoms with Crippen LogP contribution in [0.4, 0.5) is 5.69 Å². The lowest BCUT2D eigenvalue weighted by molar-refractivity contribution is -0.135. The van der Waals surface area contributed by atoms with Crippen LogP contribution in [0.3, 0.4) is 0 Å². The van der Waals surface area contributed by atoms with Crippen molar-refractivity contribution in [2.45, 2.75) is 18.9 Å². The van der Waals surface area contributed by atoms with E-state index in [2.05, 4.69) is 10.5 Å². The summed E-state index contributed by atoms with van der Waals surface area (Å²) in [4.78, 5) is 17.9. The van der Waals surface area contributed by atoms with Gasteiger partial charge >= 0.3 is 0 Å². The van der Waals surface area contributed by atoms with Crippen LogP contribution in [0.1, 0.15) is 24.5 Å². The molecule has 1 aliphatic rings. The predicted octanol–water partition coefficient (Wildman–Crippen LogP) is 3.08. The molecule has 0 spiro atoms. The van der Waals surface area contributed by atoms with E-state index in [1.165, 1.54) is 0 Å². The summed E-state index contributed by atoms with van der Waals surface area (Å²) in [6, 6.07) is 18.4. The summed E-state index contributed by atoms with van der Waals surface area (Å²) in [6.45, 7) is 1.70. The van der Waals surface area contributed by atoms with Gasteiger partial charge in [0.1, 0.15) is 0 Å². The van der Waals surface area contributed by atoms with Crippen molar-refractivity contribution in [2.75, 3.05) is 5.32 Å². The molecule has 0 bridgehead atoms. The normalized spacial score (nSPS) is 19.4. The molecule has 5 nitrogen and oxygen atoms in total. The number of oxime groups is 1. The molecular weight excluding hydrogens is 290 g/mol. The third-order valence-corrected chi connectivity index (χ3v) is 3.70. The quantitative estimate of drug-likeness (QED) is 0.947. The maximum atomic E-state index is 12.5. The zero-order chi connectivity index (χ0) is 16.3. The van der Waals surface area contributed by atoms with Gasteiger partial charge in [0.05, 0.1) is 17.3 Å². The average molecular weight is 305 g/mol. The SMILES string of the molecule is C[C@@]1(C(=O)Nc2cccc(C#N)c2)CC(c2ccccc2)=NO1. The first kappa shape index (κ1) is 14.8. The number of nitrogens with zero attached hydrogens (tertiary/aromatic N) is 2. The number of anilines is 1. The van der Waals surface area contributed by atoms with Crippen LogP contribution in [-0.4, -0.2) is 17.2 Å². The molecule has 0 saturated heterocycles. The molecule has 2 aromatic rings. The Morgan fingerprint density at radius 3 is 2.78 bits per heavy atom. The van der Waals surface area contributed by atoms with Crippen molar-refractivity contribution >= 4 is 17.3 Å².